The first-order valence-electron chi connectivity index (χ1n) is 8.67. The molecule has 0 saturated carbocycles. The molecule has 6 nitrogen and oxygen atoms in total. The average Bonchev–Trinajstić information content (AvgIpc) is 2.63. The maximum atomic E-state index is 12.1. The van der Waals surface area contributed by atoms with Crippen molar-refractivity contribution in [2.75, 3.05) is 42.1 Å². The minimum Gasteiger partial charge on any atom is -0.399 e. The van der Waals surface area contributed by atoms with E-state index >= 15 is 0 Å². The first-order valence-corrected chi connectivity index (χ1v) is 8.67. The number of nitrogens with two attached hydrogens (primary N) is 1. The van der Waals surface area contributed by atoms with Gasteiger partial charge in [0.1, 0.15) is 5.82 Å². The molecule has 1 aliphatic heterocycles. The van der Waals surface area contributed by atoms with Crippen LogP contribution < -0.4 is 16.0 Å². The Bertz CT molecular complexity index is 695. The Kier molecular flexibility index (Phi) is 7.24. The summed E-state index contributed by atoms with van der Waals surface area (Å²) in [5, 5.41) is 2.92. The van der Waals surface area contributed by atoms with Gasteiger partial charge in [-0.25, -0.2) is 4.98 Å². The van der Waals surface area contributed by atoms with Gasteiger partial charge in [0, 0.05) is 56.2 Å². The number of benzene rings is 1. The van der Waals surface area contributed by atoms with Crippen molar-refractivity contribution in [2.24, 2.45) is 0 Å². The standard InChI is InChI=1S/C19H25N5O.ClH/c1-15-14-24(18-4-2-3-10-21-18)13-12-23(15)11-9-19(25)22-17-7-5-16(20)6-8-17;/h2-8,10,15H,9,11-14,20H2,1H3,(H,22,25);1H. The van der Waals surface area contributed by atoms with Gasteiger partial charge in [-0.1, -0.05) is 6.07 Å². The molecule has 0 spiro atoms. The molecule has 26 heavy (non-hydrogen) atoms. The molecule has 3 rings (SSSR count). The number of hydrogen-bond donors (Lipinski definition) is 2. The quantitative estimate of drug-likeness (QED) is 0.786. The highest BCUT2D eigenvalue weighted by molar-refractivity contribution is 5.90. The molecule has 1 aromatic heterocycles. The highest BCUT2D eigenvalue weighted by Gasteiger charge is 2.24. The van der Waals surface area contributed by atoms with Crippen LogP contribution in [0.25, 0.3) is 0 Å². The number of anilines is 3. The molecule has 1 amide bonds. The molecule has 0 aliphatic carbocycles. The Hall–Kier alpha value is -2.31. The number of rotatable bonds is 5. The van der Waals surface area contributed by atoms with E-state index < -0.39 is 0 Å². The van der Waals surface area contributed by atoms with Crippen LogP contribution in [0.15, 0.2) is 48.7 Å². The zero-order valence-electron chi connectivity index (χ0n) is 15.0. The summed E-state index contributed by atoms with van der Waals surface area (Å²) in [6.45, 7) is 5.76. The van der Waals surface area contributed by atoms with Gasteiger partial charge in [0.05, 0.1) is 0 Å². The molecule has 2 aromatic rings. The van der Waals surface area contributed by atoms with E-state index in [4.69, 9.17) is 5.73 Å². The lowest BCUT2D eigenvalue weighted by Gasteiger charge is -2.40. The van der Waals surface area contributed by atoms with Gasteiger partial charge in [0.25, 0.3) is 0 Å². The number of nitrogen functional groups attached to an aromatic ring is 1. The van der Waals surface area contributed by atoms with Gasteiger partial charge in [-0.2, -0.15) is 0 Å². The summed E-state index contributed by atoms with van der Waals surface area (Å²) >= 11 is 0. The van der Waals surface area contributed by atoms with Crippen molar-refractivity contribution in [3.05, 3.63) is 48.7 Å². The van der Waals surface area contributed by atoms with Crippen LogP contribution in [0.3, 0.4) is 0 Å². The third-order valence-corrected chi connectivity index (χ3v) is 4.56. The maximum Gasteiger partial charge on any atom is 0.225 e. The number of nitrogens with zero attached hydrogens (tertiary/aromatic N) is 3. The zero-order valence-corrected chi connectivity index (χ0v) is 15.8. The Morgan fingerprint density at radius 3 is 2.65 bits per heavy atom. The minimum atomic E-state index is 0. The summed E-state index contributed by atoms with van der Waals surface area (Å²) in [6.07, 6.45) is 2.31. The summed E-state index contributed by atoms with van der Waals surface area (Å²) in [4.78, 5) is 21.2. The smallest absolute Gasteiger partial charge is 0.225 e. The number of nitrogens with one attached hydrogen (secondary N) is 1. The van der Waals surface area contributed by atoms with Crippen LogP contribution in [0.5, 0.6) is 0 Å². The van der Waals surface area contributed by atoms with Crippen LogP contribution in [0.2, 0.25) is 0 Å². The van der Waals surface area contributed by atoms with E-state index in [1.165, 1.54) is 0 Å². The number of piperazine rings is 1. The fraction of sp³-hybridized carbons (Fsp3) is 0.368. The minimum absolute atomic E-state index is 0. The highest BCUT2D eigenvalue weighted by atomic mass is 35.5. The van der Waals surface area contributed by atoms with Crippen LogP contribution >= 0.6 is 12.4 Å². The Labute approximate surface area is 160 Å². The fourth-order valence-electron chi connectivity index (χ4n) is 3.11. The molecule has 3 N–H and O–H groups in total. The summed E-state index contributed by atoms with van der Waals surface area (Å²) in [6, 6.07) is 13.6. The molecule has 7 heteroatoms. The van der Waals surface area contributed by atoms with Gasteiger partial charge in [-0.15, -0.1) is 12.4 Å². The number of pyridine rings is 1. The van der Waals surface area contributed by atoms with Crippen LogP contribution in [0.4, 0.5) is 17.2 Å². The lowest BCUT2D eigenvalue weighted by Crippen LogP contribution is -2.52. The number of amides is 1. The Morgan fingerprint density at radius 1 is 1.23 bits per heavy atom. The first-order chi connectivity index (χ1) is 12.1. The average molecular weight is 376 g/mol. The second-order valence-corrected chi connectivity index (χ2v) is 6.44. The Morgan fingerprint density at radius 2 is 2.00 bits per heavy atom. The van der Waals surface area contributed by atoms with E-state index in [0.717, 1.165) is 37.7 Å². The summed E-state index contributed by atoms with van der Waals surface area (Å²) in [7, 11) is 0. The van der Waals surface area contributed by atoms with E-state index in [9.17, 15) is 4.79 Å². The van der Waals surface area contributed by atoms with E-state index in [-0.39, 0.29) is 18.3 Å². The molecule has 1 fully saturated rings. The van der Waals surface area contributed by atoms with Crippen molar-refractivity contribution in [1.29, 1.82) is 0 Å². The second-order valence-electron chi connectivity index (χ2n) is 6.44. The molecule has 0 bridgehead atoms. The number of hydrogen-bond acceptors (Lipinski definition) is 5. The first kappa shape index (κ1) is 20.0. The number of aromatic nitrogens is 1. The Balaban J connectivity index is 0.00000243. The molecule has 2 heterocycles. The topological polar surface area (TPSA) is 74.5 Å². The van der Waals surface area contributed by atoms with E-state index in [2.05, 4.69) is 27.0 Å². The SMILES string of the molecule is CC1CN(c2ccccn2)CCN1CCC(=O)Nc1ccc(N)cc1.Cl. The van der Waals surface area contributed by atoms with Crippen molar-refractivity contribution >= 4 is 35.5 Å². The summed E-state index contributed by atoms with van der Waals surface area (Å²) < 4.78 is 0. The fourth-order valence-corrected chi connectivity index (χ4v) is 3.11. The molecule has 140 valence electrons. The number of carbonyl (C=O) groups is 1. The molecule has 1 saturated heterocycles. The second kappa shape index (κ2) is 9.40. The zero-order chi connectivity index (χ0) is 17.6. The van der Waals surface area contributed by atoms with E-state index in [0.29, 0.717) is 18.2 Å². The largest absolute Gasteiger partial charge is 0.399 e. The van der Waals surface area contributed by atoms with Crippen molar-refractivity contribution in [1.82, 2.24) is 9.88 Å². The predicted molar refractivity (Wildman–Crippen MR) is 109 cm³/mol. The van der Waals surface area contributed by atoms with Crippen LogP contribution in [-0.4, -0.2) is 48.0 Å². The highest BCUT2D eigenvalue weighted by Crippen LogP contribution is 2.17. The van der Waals surface area contributed by atoms with Crippen LogP contribution in [0, 0.1) is 0 Å². The molecule has 1 aliphatic rings. The van der Waals surface area contributed by atoms with E-state index in [1.54, 1.807) is 12.1 Å². The molecule has 1 unspecified atom stereocenters. The van der Waals surface area contributed by atoms with Gasteiger partial charge in [0.2, 0.25) is 5.91 Å². The van der Waals surface area contributed by atoms with Crippen LogP contribution in [-0.2, 0) is 4.79 Å². The predicted octanol–water partition coefficient (Wildman–Crippen LogP) is 2.62. The molecule has 1 atom stereocenters. The van der Waals surface area contributed by atoms with E-state index in [1.807, 2.05) is 36.5 Å². The lowest BCUT2D eigenvalue weighted by molar-refractivity contribution is -0.116. The van der Waals surface area contributed by atoms with Crippen molar-refractivity contribution in [3.8, 4) is 0 Å². The summed E-state index contributed by atoms with van der Waals surface area (Å²) in [5.41, 5.74) is 7.13. The lowest BCUT2D eigenvalue weighted by atomic mass is 10.1. The third-order valence-electron chi connectivity index (χ3n) is 4.56. The third kappa shape index (κ3) is 5.34. The molecule has 1 aromatic carbocycles. The van der Waals surface area contributed by atoms with Gasteiger partial charge in [-0.3, -0.25) is 9.69 Å². The van der Waals surface area contributed by atoms with Crippen molar-refractivity contribution < 1.29 is 4.79 Å². The molecular weight excluding hydrogens is 350 g/mol. The van der Waals surface area contributed by atoms with Gasteiger partial charge < -0.3 is 16.0 Å². The van der Waals surface area contributed by atoms with Crippen LogP contribution in [0.1, 0.15) is 13.3 Å². The normalized spacial score (nSPS) is 17.4. The number of halogens is 1. The summed E-state index contributed by atoms with van der Waals surface area (Å²) in [5.74, 6) is 1.05. The van der Waals surface area contributed by atoms with Crippen molar-refractivity contribution in [2.45, 2.75) is 19.4 Å². The molecular formula is C19H26ClN5O. The maximum absolute atomic E-state index is 12.1. The molecule has 0 radical (unpaired) electrons. The number of carbonyl (C=O) groups excluding carboxylic acids is 1. The van der Waals surface area contributed by atoms with Gasteiger partial charge in [-0.05, 0) is 43.3 Å². The van der Waals surface area contributed by atoms with Gasteiger partial charge in [0.15, 0.2) is 0 Å². The monoisotopic (exact) mass is 375 g/mol. The van der Waals surface area contributed by atoms with Gasteiger partial charge >= 0.3 is 0 Å². The van der Waals surface area contributed by atoms with Crippen molar-refractivity contribution in [3.63, 3.8) is 0 Å².